The van der Waals surface area contributed by atoms with Crippen LogP contribution in [0.5, 0.6) is 11.5 Å². The Labute approximate surface area is 215 Å². The first-order valence-corrected chi connectivity index (χ1v) is 12.4. The van der Waals surface area contributed by atoms with Crippen LogP contribution < -0.4 is 14.8 Å². The number of carbonyl (C=O) groups excluding carboxylic acids is 1. The van der Waals surface area contributed by atoms with Crippen molar-refractivity contribution in [1.29, 1.82) is 0 Å². The molecule has 0 spiro atoms. The van der Waals surface area contributed by atoms with Gasteiger partial charge in [-0.15, -0.1) is 0 Å². The molecular formula is C31H27N3O3. The van der Waals surface area contributed by atoms with Gasteiger partial charge in [-0.25, -0.2) is 4.98 Å². The number of ether oxygens (including phenoxy) is 2. The Balaban J connectivity index is 1.36. The van der Waals surface area contributed by atoms with Gasteiger partial charge in [0.05, 0.1) is 11.7 Å². The highest BCUT2D eigenvalue weighted by Crippen LogP contribution is 2.38. The minimum absolute atomic E-state index is 0.0533. The molecule has 6 nitrogen and oxygen atoms in total. The predicted molar refractivity (Wildman–Crippen MR) is 142 cm³/mol. The molecule has 37 heavy (non-hydrogen) atoms. The van der Waals surface area contributed by atoms with Gasteiger partial charge in [-0.3, -0.25) is 4.79 Å². The summed E-state index contributed by atoms with van der Waals surface area (Å²) in [6, 6.07) is 29.8. The highest BCUT2D eigenvalue weighted by molar-refractivity contribution is 5.78. The third kappa shape index (κ3) is 4.66. The number of nitrogens with one attached hydrogen (secondary N) is 1. The average molecular weight is 490 g/mol. The number of benzene rings is 3. The fraction of sp³-hybridized carbons (Fsp3) is 0.161. The Morgan fingerprint density at radius 1 is 0.892 bits per heavy atom. The van der Waals surface area contributed by atoms with Crippen molar-refractivity contribution in [2.45, 2.75) is 25.3 Å². The second kappa shape index (κ2) is 9.82. The van der Waals surface area contributed by atoms with E-state index in [0.717, 1.165) is 33.6 Å². The number of carbonyl (C=O) groups is 1. The van der Waals surface area contributed by atoms with E-state index >= 15 is 0 Å². The number of rotatable bonds is 7. The number of hydrogen-bond donors (Lipinski definition) is 1. The maximum Gasteiger partial charge on any atom is 0.231 e. The van der Waals surface area contributed by atoms with Gasteiger partial charge in [0.1, 0.15) is 5.65 Å². The summed E-state index contributed by atoms with van der Waals surface area (Å²) in [5.41, 5.74) is 5.97. The minimum Gasteiger partial charge on any atom is -0.454 e. The molecule has 0 radical (unpaired) electrons. The van der Waals surface area contributed by atoms with Crippen LogP contribution in [0.1, 0.15) is 46.3 Å². The monoisotopic (exact) mass is 489 g/mol. The molecule has 3 heterocycles. The zero-order valence-electron chi connectivity index (χ0n) is 20.5. The van der Waals surface area contributed by atoms with Crippen LogP contribution in [-0.2, 0) is 4.79 Å². The van der Waals surface area contributed by atoms with Crippen molar-refractivity contribution in [3.05, 3.63) is 131 Å². The largest absolute Gasteiger partial charge is 0.454 e. The lowest BCUT2D eigenvalue weighted by molar-refractivity contribution is -0.121. The maximum absolute atomic E-state index is 13.7. The van der Waals surface area contributed by atoms with E-state index in [2.05, 4.69) is 20.8 Å². The van der Waals surface area contributed by atoms with Crippen LogP contribution in [0.15, 0.2) is 103 Å². The van der Waals surface area contributed by atoms with Gasteiger partial charge in [-0.1, -0.05) is 66.7 Å². The molecule has 1 amide bonds. The standard InChI is InChI=1S/C31H27N3O3/c1-21-14-15-34-26(19-32-29(34)16-21)25(24-12-13-27-28(17-24)37-20-36-27)18-30(35)33-31(22-8-4-2-5-9-22)23-10-6-3-7-11-23/h2-17,19,25,31H,18,20H2,1H3,(H,33,35). The van der Waals surface area contributed by atoms with E-state index in [4.69, 9.17) is 9.47 Å². The highest BCUT2D eigenvalue weighted by atomic mass is 16.7. The molecule has 1 N–H and O–H groups in total. The summed E-state index contributed by atoms with van der Waals surface area (Å²) in [5.74, 6) is 1.12. The summed E-state index contributed by atoms with van der Waals surface area (Å²) >= 11 is 0. The quantitative estimate of drug-likeness (QED) is 0.314. The summed E-state index contributed by atoms with van der Waals surface area (Å²) in [6.45, 7) is 2.25. The van der Waals surface area contributed by atoms with Crippen LogP contribution in [-0.4, -0.2) is 22.1 Å². The van der Waals surface area contributed by atoms with Crippen molar-refractivity contribution in [3.63, 3.8) is 0 Å². The summed E-state index contributed by atoms with van der Waals surface area (Å²) in [5, 5.41) is 3.30. The number of pyridine rings is 1. The van der Waals surface area contributed by atoms with Crippen LogP contribution in [0.25, 0.3) is 5.65 Å². The third-order valence-corrected chi connectivity index (χ3v) is 6.81. The van der Waals surface area contributed by atoms with Crippen molar-refractivity contribution in [2.75, 3.05) is 6.79 Å². The SMILES string of the molecule is Cc1ccn2c(C(CC(=O)NC(c3ccccc3)c3ccccc3)c3ccc4c(c3)OCO4)cnc2c1. The summed E-state index contributed by atoms with van der Waals surface area (Å²) in [7, 11) is 0. The lowest BCUT2D eigenvalue weighted by atomic mass is 9.91. The van der Waals surface area contributed by atoms with E-state index in [1.807, 2.05) is 104 Å². The minimum atomic E-state index is -0.253. The van der Waals surface area contributed by atoms with E-state index in [0.29, 0.717) is 11.5 Å². The van der Waals surface area contributed by atoms with Crippen molar-refractivity contribution < 1.29 is 14.3 Å². The van der Waals surface area contributed by atoms with Crippen molar-refractivity contribution in [1.82, 2.24) is 14.7 Å². The summed E-state index contributed by atoms with van der Waals surface area (Å²) in [4.78, 5) is 18.3. The Morgan fingerprint density at radius 2 is 1.59 bits per heavy atom. The normalized spacial score (nSPS) is 13.1. The number of imidazole rings is 1. The van der Waals surface area contributed by atoms with Crippen LogP contribution in [0.2, 0.25) is 0 Å². The number of aromatic nitrogens is 2. The van der Waals surface area contributed by atoms with Gasteiger partial charge in [-0.05, 0) is 53.4 Å². The molecule has 0 saturated carbocycles. The Bertz CT molecular complexity index is 1510. The fourth-order valence-corrected chi connectivity index (χ4v) is 4.94. The molecule has 3 aromatic carbocycles. The van der Waals surface area contributed by atoms with Crippen LogP contribution >= 0.6 is 0 Å². The molecule has 0 bridgehead atoms. The van der Waals surface area contributed by atoms with E-state index in [-0.39, 0.29) is 31.1 Å². The van der Waals surface area contributed by atoms with Crippen molar-refractivity contribution in [3.8, 4) is 11.5 Å². The Kier molecular flexibility index (Phi) is 6.06. The lowest BCUT2D eigenvalue weighted by Gasteiger charge is -2.23. The van der Waals surface area contributed by atoms with E-state index < -0.39 is 0 Å². The molecule has 0 aliphatic carbocycles. The number of hydrogen-bond acceptors (Lipinski definition) is 4. The summed E-state index contributed by atoms with van der Waals surface area (Å²) in [6.07, 6.45) is 4.13. The van der Waals surface area contributed by atoms with E-state index in [1.165, 1.54) is 0 Å². The van der Waals surface area contributed by atoms with Crippen LogP contribution in [0, 0.1) is 6.92 Å². The molecule has 0 saturated heterocycles. The number of aryl methyl sites for hydroxylation is 1. The van der Waals surface area contributed by atoms with Gasteiger partial charge in [-0.2, -0.15) is 0 Å². The van der Waals surface area contributed by atoms with Gasteiger partial charge < -0.3 is 19.2 Å². The van der Waals surface area contributed by atoms with Gasteiger partial charge in [0, 0.05) is 24.7 Å². The van der Waals surface area contributed by atoms with E-state index in [9.17, 15) is 4.79 Å². The second-order valence-corrected chi connectivity index (χ2v) is 9.31. The molecule has 1 atom stereocenters. The molecule has 2 aromatic heterocycles. The molecule has 1 unspecified atom stereocenters. The summed E-state index contributed by atoms with van der Waals surface area (Å²) < 4.78 is 13.2. The molecule has 0 fully saturated rings. The molecule has 184 valence electrons. The molecule has 1 aliphatic heterocycles. The molecule has 1 aliphatic rings. The zero-order valence-corrected chi connectivity index (χ0v) is 20.5. The number of nitrogens with zero attached hydrogens (tertiary/aromatic N) is 2. The van der Waals surface area contributed by atoms with Gasteiger partial charge in [0.15, 0.2) is 11.5 Å². The number of fused-ring (bicyclic) bond motifs is 2. The number of amides is 1. The predicted octanol–water partition coefficient (Wildman–Crippen LogP) is 5.80. The molecular weight excluding hydrogens is 462 g/mol. The third-order valence-electron chi connectivity index (χ3n) is 6.81. The first-order valence-electron chi connectivity index (χ1n) is 12.4. The average Bonchev–Trinajstić information content (AvgIpc) is 3.57. The van der Waals surface area contributed by atoms with Crippen LogP contribution in [0.4, 0.5) is 0 Å². The van der Waals surface area contributed by atoms with E-state index in [1.54, 1.807) is 0 Å². The Hall–Kier alpha value is -4.58. The van der Waals surface area contributed by atoms with Gasteiger partial charge in [0.2, 0.25) is 12.7 Å². The molecule has 5 aromatic rings. The topological polar surface area (TPSA) is 64.9 Å². The smallest absolute Gasteiger partial charge is 0.231 e. The van der Waals surface area contributed by atoms with Crippen molar-refractivity contribution >= 4 is 11.6 Å². The maximum atomic E-state index is 13.7. The van der Waals surface area contributed by atoms with Gasteiger partial charge >= 0.3 is 0 Å². The highest BCUT2D eigenvalue weighted by Gasteiger charge is 2.26. The zero-order chi connectivity index (χ0) is 25.2. The first kappa shape index (κ1) is 22.9. The van der Waals surface area contributed by atoms with Crippen LogP contribution in [0.3, 0.4) is 0 Å². The molecule has 6 heteroatoms. The van der Waals surface area contributed by atoms with Gasteiger partial charge in [0.25, 0.3) is 0 Å². The lowest BCUT2D eigenvalue weighted by Crippen LogP contribution is -2.30. The second-order valence-electron chi connectivity index (χ2n) is 9.31. The molecule has 6 rings (SSSR count). The Morgan fingerprint density at radius 3 is 2.32 bits per heavy atom. The first-order chi connectivity index (χ1) is 18.2. The van der Waals surface area contributed by atoms with Crippen molar-refractivity contribution in [2.24, 2.45) is 0 Å². The fourth-order valence-electron chi connectivity index (χ4n) is 4.94.